The average molecular weight is 383 g/mol. The molecule has 0 spiro atoms. The molecule has 2 rings (SSSR count). The van der Waals surface area contributed by atoms with E-state index >= 15 is 0 Å². The molecule has 0 aliphatic carbocycles. The normalized spacial score (nSPS) is 10.2. The molecule has 0 saturated carbocycles. The number of carbonyl (C=O) groups excluding carboxylic acids is 1. The van der Waals surface area contributed by atoms with Crippen LogP contribution in [0.15, 0.2) is 41.8 Å². The van der Waals surface area contributed by atoms with Crippen molar-refractivity contribution in [2.24, 2.45) is 5.73 Å². The van der Waals surface area contributed by atoms with E-state index in [9.17, 15) is 4.79 Å². The van der Waals surface area contributed by atoms with E-state index in [0.29, 0.717) is 13.0 Å². The maximum absolute atomic E-state index is 12.7. The summed E-state index contributed by atoms with van der Waals surface area (Å²) in [5.74, 6) is 0.963. The van der Waals surface area contributed by atoms with Gasteiger partial charge in [0.1, 0.15) is 5.75 Å². The number of nitrogens with zero attached hydrogens (tertiary/aromatic N) is 1. The molecule has 0 saturated heterocycles. The van der Waals surface area contributed by atoms with Crippen molar-refractivity contribution >= 4 is 35.3 Å². The van der Waals surface area contributed by atoms with E-state index in [0.717, 1.165) is 43.7 Å². The molecule has 2 aromatic rings. The van der Waals surface area contributed by atoms with Crippen LogP contribution in [0, 0.1) is 0 Å². The van der Waals surface area contributed by atoms with Gasteiger partial charge in [-0.1, -0.05) is 18.9 Å². The second-order valence-corrected chi connectivity index (χ2v) is 6.74. The van der Waals surface area contributed by atoms with Gasteiger partial charge in [0.2, 0.25) is 5.91 Å². The number of amides is 1. The summed E-state index contributed by atoms with van der Waals surface area (Å²) in [5, 5.41) is 2.04. The van der Waals surface area contributed by atoms with Gasteiger partial charge in [-0.25, -0.2) is 0 Å². The van der Waals surface area contributed by atoms with Gasteiger partial charge in [-0.05, 0) is 55.1 Å². The van der Waals surface area contributed by atoms with Gasteiger partial charge >= 0.3 is 0 Å². The first-order valence-corrected chi connectivity index (χ1v) is 9.29. The lowest BCUT2D eigenvalue weighted by Gasteiger charge is -2.22. The van der Waals surface area contributed by atoms with E-state index < -0.39 is 0 Å². The minimum absolute atomic E-state index is 0. The van der Waals surface area contributed by atoms with E-state index in [1.807, 2.05) is 40.6 Å². The van der Waals surface area contributed by atoms with Crippen LogP contribution in [0.4, 0.5) is 5.69 Å². The number of thiophene rings is 1. The quantitative estimate of drug-likeness (QED) is 0.610. The summed E-state index contributed by atoms with van der Waals surface area (Å²) >= 11 is 1.67. The minimum atomic E-state index is 0. The number of nitrogens with two attached hydrogens (primary N) is 1. The molecule has 0 bridgehead atoms. The van der Waals surface area contributed by atoms with Gasteiger partial charge in [-0.3, -0.25) is 4.79 Å². The van der Waals surface area contributed by atoms with E-state index in [-0.39, 0.29) is 18.3 Å². The third-order valence-electron chi connectivity index (χ3n) is 3.92. The summed E-state index contributed by atoms with van der Waals surface area (Å²) in [5.41, 5.74) is 6.42. The minimum Gasteiger partial charge on any atom is -0.497 e. The number of carbonyl (C=O) groups is 1. The fourth-order valence-electron chi connectivity index (χ4n) is 2.55. The fraction of sp³-hybridized carbons (Fsp3) is 0.421. The van der Waals surface area contributed by atoms with Crippen molar-refractivity contribution in [3.63, 3.8) is 0 Å². The Morgan fingerprint density at radius 2 is 1.84 bits per heavy atom. The molecule has 1 aromatic heterocycles. The topological polar surface area (TPSA) is 55.6 Å². The lowest BCUT2D eigenvalue weighted by molar-refractivity contribution is -0.118. The molecule has 1 heterocycles. The Morgan fingerprint density at radius 1 is 1.12 bits per heavy atom. The Labute approximate surface area is 160 Å². The first-order chi connectivity index (χ1) is 11.7. The predicted molar refractivity (Wildman–Crippen MR) is 108 cm³/mol. The predicted octanol–water partition coefficient (Wildman–Crippen LogP) is 4.62. The highest BCUT2D eigenvalue weighted by Gasteiger charge is 2.16. The Kier molecular flexibility index (Phi) is 10.2. The highest BCUT2D eigenvalue weighted by molar-refractivity contribution is 7.09. The molecule has 138 valence electrons. The molecular formula is C19H27ClN2O2S. The van der Waals surface area contributed by atoms with Gasteiger partial charge in [0.15, 0.2) is 0 Å². The number of hydrogen-bond donors (Lipinski definition) is 1. The standard InChI is InChI=1S/C19H26N2O2S.ClH/c1-23-17-11-9-16(10-12-17)21(15-18-7-6-14-24-18)19(22)8-4-2-3-5-13-20;/h6-7,9-12,14H,2-5,8,13,15,20H2,1H3;1H. The highest BCUT2D eigenvalue weighted by Crippen LogP contribution is 2.24. The third kappa shape index (κ3) is 7.06. The summed E-state index contributed by atoms with van der Waals surface area (Å²) in [6.07, 6.45) is 4.67. The van der Waals surface area contributed by atoms with Gasteiger partial charge in [-0.15, -0.1) is 23.7 Å². The number of rotatable bonds is 10. The fourth-order valence-corrected chi connectivity index (χ4v) is 3.25. The van der Waals surface area contributed by atoms with Crippen LogP contribution in [0.1, 0.15) is 37.0 Å². The maximum Gasteiger partial charge on any atom is 0.227 e. The monoisotopic (exact) mass is 382 g/mol. The molecule has 1 amide bonds. The Morgan fingerprint density at radius 3 is 2.44 bits per heavy atom. The van der Waals surface area contributed by atoms with E-state index in [1.54, 1.807) is 18.4 Å². The molecule has 0 aliphatic heterocycles. The van der Waals surface area contributed by atoms with Gasteiger partial charge in [0, 0.05) is 17.0 Å². The van der Waals surface area contributed by atoms with Crippen molar-refractivity contribution in [3.8, 4) is 5.75 Å². The first-order valence-electron chi connectivity index (χ1n) is 8.41. The number of unbranched alkanes of at least 4 members (excludes halogenated alkanes) is 3. The van der Waals surface area contributed by atoms with Crippen LogP contribution in [-0.2, 0) is 11.3 Å². The third-order valence-corrected chi connectivity index (χ3v) is 4.79. The zero-order chi connectivity index (χ0) is 17.2. The van der Waals surface area contributed by atoms with E-state index in [4.69, 9.17) is 10.5 Å². The van der Waals surface area contributed by atoms with E-state index in [1.165, 1.54) is 4.88 Å². The number of hydrogen-bond acceptors (Lipinski definition) is 4. The maximum atomic E-state index is 12.7. The summed E-state index contributed by atoms with van der Waals surface area (Å²) in [6.45, 7) is 1.34. The summed E-state index contributed by atoms with van der Waals surface area (Å²) in [7, 11) is 1.64. The molecule has 4 nitrogen and oxygen atoms in total. The number of benzene rings is 1. The number of methoxy groups -OCH3 is 1. The second kappa shape index (κ2) is 11.9. The van der Waals surface area contributed by atoms with Gasteiger partial charge in [0.05, 0.1) is 13.7 Å². The second-order valence-electron chi connectivity index (χ2n) is 5.71. The Hall–Kier alpha value is -1.56. The average Bonchev–Trinajstić information content (AvgIpc) is 3.13. The van der Waals surface area contributed by atoms with Crippen LogP contribution in [-0.4, -0.2) is 19.6 Å². The SMILES string of the molecule is COc1ccc(N(Cc2cccs2)C(=O)CCCCCCN)cc1.Cl. The van der Waals surface area contributed by atoms with E-state index in [2.05, 4.69) is 6.07 Å². The molecule has 0 unspecified atom stereocenters. The smallest absolute Gasteiger partial charge is 0.227 e. The molecule has 0 aliphatic rings. The molecule has 25 heavy (non-hydrogen) atoms. The van der Waals surface area contributed by atoms with Gasteiger partial charge in [0.25, 0.3) is 0 Å². The van der Waals surface area contributed by atoms with Crippen LogP contribution in [0.5, 0.6) is 5.75 Å². The van der Waals surface area contributed by atoms with Crippen LogP contribution in [0.25, 0.3) is 0 Å². The van der Waals surface area contributed by atoms with Gasteiger partial charge in [-0.2, -0.15) is 0 Å². The molecule has 0 fully saturated rings. The highest BCUT2D eigenvalue weighted by atomic mass is 35.5. The Balaban J connectivity index is 0.00000312. The lowest BCUT2D eigenvalue weighted by Crippen LogP contribution is -2.29. The number of halogens is 1. The first kappa shape index (κ1) is 21.5. The van der Waals surface area contributed by atoms with Crippen molar-refractivity contribution in [2.75, 3.05) is 18.6 Å². The van der Waals surface area contributed by atoms with Crippen molar-refractivity contribution in [1.29, 1.82) is 0 Å². The molecule has 2 N–H and O–H groups in total. The number of ether oxygens (including phenoxy) is 1. The van der Waals surface area contributed by atoms with Crippen LogP contribution < -0.4 is 15.4 Å². The molecular weight excluding hydrogens is 356 g/mol. The van der Waals surface area contributed by atoms with Crippen LogP contribution in [0.2, 0.25) is 0 Å². The zero-order valence-corrected chi connectivity index (χ0v) is 16.3. The molecule has 1 aromatic carbocycles. The number of anilines is 1. The van der Waals surface area contributed by atoms with Crippen molar-refractivity contribution in [3.05, 3.63) is 46.7 Å². The van der Waals surface area contributed by atoms with Crippen molar-refractivity contribution in [2.45, 2.75) is 38.6 Å². The Bertz CT molecular complexity index is 602. The lowest BCUT2D eigenvalue weighted by atomic mass is 10.1. The summed E-state index contributed by atoms with van der Waals surface area (Å²) in [6, 6.07) is 11.8. The summed E-state index contributed by atoms with van der Waals surface area (Å²) in [4.78, 5) is 15.8. The zero-order valence-electron chi connectivity index (χ0n) is 14.6. The summed E-state index contributed by atoms with van der Waals surface area (Å²) < 4.78 is 5.21. The largest absolute Gasteiger partial charge is 0.497 e. The molecule has 0 radical (unpaired) electrons. The van der Waals surface area contributed by atoms with Gasteiger partial charge < -0.3 is 15.4 Å². The van der Waals surface area contributed by atoms with Crippen LogP contribution >= 0.6 is 23.7 Å². The van der Waals surface area contributed by atoms with Crippen molar-refractivity contribution in [1.82, 2.24) is 0 Å². The van der Waals surface area contributed by atoms with Crippen molar-refractivity contribution < 1.29 is 9.53 Å². The molecule has 6 heteroatoms. The molecule has 0 atom stereocenters. The van der Waals surface area contributed by atoms with Crippen LogP contribution in [0.3, 0.4) is 0 Å².